The summed E-state index contributed by atoms with van der Waals surface area (Å²) in [7, 11) is 0. The van der Waals surface area contributed by atoms with Crippen LogP contribution in [0.15, 0.2) is 109 Å². The molecule has 0 aliphatic carbocycles. The highest BCUT2D eigenvalue weighted by molar-refractivity contribution is 6.08. The molecular formula is C54H62N4. The summed E-state index contributed by atoms with van der Waals surface area (Å²) in [6.45, 7) is 27.6. The van der Waals surface area contributed by atoms with Crippen molar-refractivity contribution in [3.63, 3.8) is 0 Å². The lowest BCUT2D eigenvalue weighted by molar-refractivity contribution is 0.406. The van der Waals surface area contributed by atoms with Gasteiger partial charge < -0.3 is 9.13 Å². The van der Waals surface area contributed by atoms with E-state index in [1.807, 2.05) is 0 Å². The van der Waals surface area contributed by atoms with Crippen molar-refractivity contribution in [3.8, 4) is 22.5 Å². The molecule has 4 heterocycles. The fourth-order valence-electron chi connectivity index (χ4n) is 8.87. The highest BCUT2D eigenvalue weighted by atomic mass is 15.0. The Balaban J connectivity index is 1.26. The summed E-state index contributed by atoms with van der Waals surface area (Å²) in [6, 6.07) is 41.1. The quantitative estimate of drug-likeness (QED) is 0.162. The zero-order chi connectivity index (χ0) is 41.4. The maximum absolute atomic E-state index is 5.36. The van der Waals surface area contributed by atoms with Crippen molar-refractivity contribution in [2.75, 3.05) is 0 Å². The van der Waals surface area contributed by atoms with Gasteiger partial charge in [0.25, 0.3) is 0 Å². The van der Waals surface area contributed by atoms with Crippen LogP contribution in [0.1, 0.15) is 106 Å². The lowest BCUT2D eigenvalue weighted by Gasteiger charge is -2.18. The molecule has 8 aromatic rings. The summed E-state index contributed by atoms with van der Waals surface area (Å²) in [5, 5.41) is 2.44. The van der Waals surface area contributed by atoms with Crippen molar-refractivity contribution in [3.05, 3.63) is 132 Å². The monoisotopic (exact) mass is 766 g/mol. The van der Waals surface area contributed by atoms with E-state index in [1.54, 1.807) is 0 Å². The van der Waals surface area contributed by atoms with Gasteiger partial charge in [0, 0.05) is 33.5 Å². The first-order chi connectivity index (χ1) is 27.2. The molecule has 0 aliphatic heterocycles. The van der Waals surface area contributed by atoms with E-state index in [0.29, 0.717) is 0 Å². The Morgan fingerprint density at radius 3 is 1.10 bits per heavy atom. The molecule has 0 N–H and O–H groups in total. The van der Waals surface area contributed by atoms with Gasteiger partial charge in [0.2, 0.25) is 0 Å². The van der Waals surface area contributed by atoms with Gasteiger partial charge in [0.05, 0.1) is 33.1 Å². The van der Waals surface area contributed by atoms with Crippen LogP contribution in [-0.2, 0) is 25.7 Å². The van der Waals surface area contributed by atoms with Crippen molar-refractivity contribution < 1.29 is 0 Å². The Bertz CT molecular complexity index is 2480. The summed E-state index contributed by atoms with van der Waals surface area (Å²) < 4.78 is 4.82. The molecule has 0 aliphatic rings. The molecule has 4 heteroatoms. The third-order valence-electron chi connectivity index (χ3n) is 10.9. The zero-order valence-electron chi connectivity index (χ0n) is 37.0. The SMILES string of the molecule is CC(C)(C)Cc1ccc2c(c1)c1nc(CC(C)(C)C)ccc1n2-c1cccc(-c2cccc(-n3c4ccc(CC(C)(C)C)cc4c4nc(CC(C)(C)C)ccc43)c2)c1. The van der Waals surface area contributed by atoms with Crippen molar-refractivity contribution in [1.82, 2.24) is 19.1 Å². The smallest absolute Gasteiger partial charge is 0.0966 e. The van der Waals surface area contributed by atoms with E-state index in [0.717, 1.165) is 70.5 Å². The van der Waals surface area contributed by atoms with Crippen molar-refractivity contribution in [1.29, 1.82) is 0 Å². The minimum Gasteiger partial charge on any atom is -0.308 e. The molecule has 0 atom stereocenters. The van der Waals surface area contributed by atoms with Gasteiger partial charge in [0.15, 0.2) is 0 Å². The Labute approximate surface area is 346 Å². The van der Waals surface area contributed by atoms with Gasteiger partial charge >= 0.3 is 0 Å². The second-order valence-electron chi connectivity index (χ2n) is 21.8. The lowest BCUT2D eigenvalue weighted by atomic mass is 9.88. The zero-order valence-corrected chi connectivity index (χ0v) is 37.0. The number of benzene rings is 4. The standard InChI is InChI=1S/C54H62N4/c1-51(2,3)31-35-19-23-45-43(27-35)49-47(25-21-39(55-49)33-53(7,8)9)57(45)41-17-13-15-37(29-41)38-16-14-18-42(30-38)58-46-24-20-36(32-52(4,5)6)28-44(46)50-48(58)26-22-40(56-50)34-54(10,11)12/h13-30H,31-34H2,1-12H3. The van der Waals surface area contributed by atoms with Crippen molar-refractivity contribution >= 4 is 43.9 Å². The molecular weight excluding hydrogens is 705 g/mol. The largest absolute Gasteiger partial charge is 0.308 e. The van der Waals surface area contributed by atoms with Gasteiger partial charge in [-0.3, -0.25) is 9.97 Å². The molecule has 8 rings (SSSR count). The molecule has 0 amide bonds. The number of pyridine rings is 2. The summed E-state index contributed by atoms with van der Waals surface area (Å²) in [5.41, 5.74) is 17.1. The fourth-order valence-corrected chi connectivity index (χ4v) is 8.87. The molecule has 58 heavy (non-hydrogen) atoms. The first kappa shape index (κ1) is 39.6. The van der Waals surface area contributed by atoms with Crippen molar-refractivity contribution in [2.45, 2.75) is 109 Å². The Kier molecular flexibility index (Phi) is 9.73. The summed E-state index contributed by atoms with van der Waals surface area (Å²) in [5.74, 6) is 0. The van der Waals surface area contributed by atoms with Crippen LogP contribution in [0.4, 0.5) is 0 Å². The Hall–Kier alpha value is -5.22. The Morgan fingerprint density at radius 2 is 0.741 bits per heavy atom. The van der Waals surface area contributed by atoms with Gasteiger partial charge in [-0.25, -0.2) is 0 Å². The van der Waals surface area contributed by atoms with E-state index in [9.17, 15) is 0 Å². The van der Waals surface area contributed by atoms with Gasteiger partial charge in [-0.2, -0.15) is 0 Å². The molecule has 0 unspecified atom stereocenters. The van der Waals surface area contributed by atoms with E-state index >= 15 is 0 Å². The molecule has 0 radical (unpaired) electrons. The predicted octanol–water partition coefficient (Wildman–Crippen LogP) is 14.7. The normalized spacial score (nSPS) is 13.1. The number of hydrogen-bond donors (Lipinski definition) is 0. The number of aromatic nitrogens is 4. The molecule has 4 aromatic carbocycles. The molecule has 0 saturated heterocycles. The van der Waals surface area contributed by atoms with Crippen LogP contribution in [0, 0.1) is 21.7 Å². The lowest BCUT2D eigenvalue weighted by Crippen LogP contribution is -2.10. The number of nitrogens with zero attached hydrogens (tertiary/aromatic N) is 4. The summed E-state index contributed by atoms with van der Waals surface area (Å²) in [6.07, 6.45) is 3.89. The Morgan fingerprint density at radius 1 is 0.379 bits per heavy atom. The van der Waals surface area contributed by atoms with Crippen LogP contribution in [-0.4, -0.2) is 19.1 Å². The highest BCUT2D eigenvalue weighted by Gasteiger charge is 2.22. The third-order valence-corrected chi connectivity index (χ3v) is 10.9. The van der Waals surface area contributed by atoms with E-state index in [-0.39, 0.29) is 21.7 Å². The maximum Gasteiger partial charge on any atom is 0.0966 e. The second kappa shape index (κ2) is 14.3. The molecule has 4 nitrogen and oxygen atoms in total. The molecule has 0 saturated carbocycles. The van der Waals surface area contributed by atoms with Crippen LogP contribution < -0.4 is 0 Å². The number of rotatable bonds is 7. The van der Waals surface area contributed by atoms with Gasteiger partial charge in [-0.1, -0.05) is 119 Å². The molecule has 0 bridgehead atoms. The van der Waals surface area contributed by atoms with Crippen LogP contribution >= 0.6 is 0 Å². The molecule has 0 spiro atoms. The topological polar surface area (TPSA) is 35.6 Å². The average Bonchev–Trinajstić information content (AvgIpc) is 3.60. The maximum atomic E-state index is 5.36. The van der Waals surface area contributed by atoms with E-state index in [2.05, 4.69) is 201 Å². The second-order valence-corrected chi connectivity index (χ2v) is 21.8. The summed E-state index contributed by atoms with van der Waals surface area (Å²) in [4.78, 5) is 10.7. The molecule has 298 valence electrons. The summed E-state index contributed by atoms with van der Waals surface area (Å²) >= 11 is 0. The van der Waals surface area contributed by atoms with Gasteiger partial charge in [0.1, 0.15) is 0 Å². The van der Waals surface area contributed by atoms with E-state index in [1.165, 1.54) is 44.1 Å². The first-order valence-electron chi connectivity index (χ1n) is 21.3. The van der Waals surface area contributed by atoms with Crippen LogP contribution in [0.5, 0.6) is 0 Å². The average molecular weight is 767 g/mol. The van der Waals surface area contributed by atoms with Crippen molar-refractivity contribution in [2.24, 2.45) is 21.7 Å². The minimum absolute atomic E-state index is 0.152. The first-order valence-corrected chi connectivity index (χ1v) is 21.3. The minimum atomic E-state index is 0.152. The van der Waals surface area contributed by atoms with Crippen LogP contribution in [0.2, 0.25) is 0 Å². The van der Waals surface area contributed by atoms with Crippen LogP contribution in [0.3, 0.4) is 0 Å². The number of hydrogen-bond acceptors (Lipinski definition) is 2. The van der Waals surface area contributed by atoms with Crippen LogP contribution in [0.25, 0.3) is 66.4 Å². The highest BCUT2D eigenvalue weighted by Crippen LogP contribution is 2.38. The predicted molar refractivity (Wildman–Crippen MR) is 249 cm³/mol. The van der Waals surface area contributed by atoms with E-state index < -0.39 is 0 Å². The fraction of sp³-hybridized carbons (Fsp3) is 0.370. The van der Waals surface area contributed by atoms with Gasteiger partial charge in [-0.05, 0) is 142 Å². The van der Waals surface area contributed by atoms with Gasteiger partial charge in [-0.15, -0.1) is 0 Å². The van der Waals surface area contributed by atoms with E-state index in [4.69, 9.17) is 9.97 Å². The number of fused-ring (bicyclic) bond motifs is 6. The molecule has 0 fully saturated rings. The molecule has 4 aromatic heterocycles. The third kappa shape index (κ3) is 8.35.